The highest BCUT2D eigenvalue weighted by atomic mass is 16.5. The van der Waals surface area contributed by atoms with Crippen LogP contribution in [0.4, 0.5) is 5.69 Å². The zero-order valence-corrected chi connectivity index (χ0v) is 17.4. The summed E-state index contributed by atoms with van der Waals surface area (Å²) < 4.78 is 16.6. The lowest BCUT2D eigenvalue weighted by Crippen LogP contribution is -2.30. The number of fused-ring (bicyclic) bond motifs is 1. The van der Waals surface area contributed by atoms with E-state index in [0.717, 1.165) is 30.2 Å². The van der Waals surface area contributed by atoms with E-state index in [4.69, 9.17) is 14.2 Å². The van der Waals surface area contributed by atoms with Crippen molar-refractivity contribution in [2.24, 2.45) is 0 Å². The van der Waals surface area contributed by atoms with Crippen LogP contribution in [0.1, 0.15) is 30.1 Å². The second-order valence-electron chi connectivity index (χ2n) is 7.57. The van der Waals surface area contributed by atoms with Crippen LogP contribution in [-0.4, -0.2) is 37.3 Å². The molecule has 1 aliphatic heterocycles. The van der Waals surface area contributed by atoms with Gasteiger partial charge >= 0.3 is 5.97 Å². The second-order valence-corrected chi connectivity index (χ2v) is 7.57. The molecular formula is C25H25NO5. The van der Waals surface area contributed by atoms with Gasteiger partial charge in [0.1, 0.15) is 12.4 Å². The Morgan fingerprint density at radius 1 is 1.06 bits per heavy atom. The summed E-state index contributed by atoms with van der Waals surface area (Å²) in [5, 5.41) is 4.90. The van der Waals surface area contributed by atoms with Crippen LogP contribution in [-0.2, 0) is 14.3 Å². The Labute approximate surface area is 181 Å². The van der Waals surface area contributed by atoms with Crippen LogP contribution in [0.3, 0.4) is 0 Å². The summed E-state index contributed by atoms with van der Waals surface area (Å²) in [6, 6.07) is 20.2. The lowest BCUT2D eigenvalue weighted by molar-refractivity contribution is -0.123. The lowest BCUT2D eigenvalue weighted by Gasteiger charge is -2.14. The summed E-state index contributed by atoms with van der Waals surface area (Å²) >= 11 is 0. The van der Waals surface area contributed by atoms with E-state index in [1.54, 1.807) is 31.2 Å². The van der Waals surface area contributed by atoms with Crippen LogP contribution in [0.5, 0.6) is 5.75 Å². The van der Waals surface area contributed by atoms with Gasteiger partial charge in [0.15, 0.2) is 6.10 Å². The molecule has 4 rings (SSSR count). The van der Waals surface area contributed by atoms with Crippen LogP contribution in [0.2, 0.25) is 0 Å². The molecule has 2 atom stereocenters. The summed E-state index contributed by atoms with van der Waals surface area (Å²) in [5.74, 6) is -0.291. The maximum Gasteiger partial charge on any atom is 0.338 e. The first-order chi connectivity index (χ1) is 15.1. The smallest absolute Gasteiger partial charge is 0.338 e. The third-order valence-corrected chi connectivity index (χ3v) is 5.22. The van der Waals surface area contributed by atoms with Gasteiger partial charge in [0, 0.05) is 12.3 Å². The molecule has 0 saturated carbocycles. The third kappa shape index (κ3) is 5.41. The molecule has 0 aliphatic carbocycles. The van der Waals surface area contributed by atoms with E-state index < -0.39 is 12.1 Å². The molecule has 1 fully saturated rings. The minimum atomic E-state index is -0.936. The van der Waals surface area contributed by atoms with Gasteiger partial charge in [-0.25, -0.2) is 4.79 Å². The molecule has 1 N–H and O–H groups in total. The number of hydrogen-bond acceptors (Lipinski definition) is 5. The average Bonchev–Trinajstić information content (AvgIpc) is 3.31. The molecule has 1 aliphatic rings. The molecule has 0 bridgehead atoms. The van der Waals surface area contributed by atoms with Crippen molar-refractivity contribution >= 4 is 28.3 Å². The average molecular weight is 419 g/mol. The number of carbonyl (C=O) groups excluding carboxylic acids is 2. The minimum absolute atomic E-state index is 0.131. The number of hydrogen-bond donors (Lipinski definition) is 1. The third-order valence-electron chi connectivity index (χ3n) is 5.22. The van der Waals surface area contributed by atoms with Crippen LogP contribution in [0, 0.1) is 0 Å². The number of nitrogens with one attached hydrogen (secondary N) is 1. The van der Waals surface area contributed by atoms with Gasteiger partial charge in [0.05, 0.1) is 11.7 Å². The number of esters is 1. The summed E-state index contributed by atoms with van der Waals surface area (Å²) in [4.78, 5) is 24.9. The number of carbonyl (C=O) groups is 2. The SMILES string of the molecule is C[C@H](OC(=O)c1ccc(OC[C@@H]2CCCO2)cc1)C(=O)Nc1ccc2ccccc2c1. The molecule has 6 heteroatoms. The topological polar surface area (TPSA) is 73.9 Å². The van der Waals surface area contributed by atoms with Crippen molar-refractivity contribution < 1.29 is 23.8 Å². The zero-order chi connectivity index (χ0) is 21.6. The van der Waals surface area contributed by atoms with Gasteiger partial charge in [-0.05, 0) is 66.9 Å². The Morgan fingerprint density at radius 2 is 1.84 bits per heavy atom. The maximum atomic E-state index is 12.5. The highest BCUT2D eigenvalue weighted by Crippen LogP contribution is 2.20. The standard InChI is InChI=1S/C25H25NO5/c1-17(24(27)26-21-11-8-18-5-2-3-6-20(18)15-21)31-25(28)19-9-12-22(13-10-19)30-16-23-7-4-14-29-23/h2-3,5-6,8-13,15,17,23H,4,7,14,16H2,1H3,(H,26,27)/t17-,23-/m0/s1. The normalized spacial score (nSPS) is 16.6. The largest absolute Gasteiger partial charge is 0.491 e. The molecule has 3 aromatic carbocycles. The molecule has 1 heterocycles. The molecule has 160 valence electrons. The first-order valence-electron chi connectivity index (χ1n) is 10.4. The van der Waals surface area contributed by atoms with Gasteiger partial charge < -0.3 is 19.5 Å². The Hall–Kier alpha value is -3.38. The fourth-order valence-corrected chi connectivity index (χ4v) is 3.45. The van der Waals surface area contributed by atoms with Crippen molar-refractivity contribution in [2.45, 2.75) is 32.0 Å². The van der Waals surface area contributed by atoms with E-state index in [9.17, 15) is 9.59 Å². The van der Waals surface area contributed by atoms with Crippen LogP contribution < -0.4 is 10.1 Å². The van der Waals surface area contributed by atoms with Crippen molar-refractivity contribution in [3.8, 4) is 5.75 Å². The monoisotopic (exact) mass is 419 g/mol. The molecule has 6 nitrogen and oxygen atoms in total. The fraction of sp³-hybridized carbons (Fsp3) is 0.280. The summed E-state index contributed by atoms with van der Waals surface area (Å²) in [6.45, 7) is 2.83. The minimum Gasteiger partial charge on any atom is -0.491 e. The number of benzene rings is 3. The molecule has 1 saturated heterocycles. The highest BCUT2D eigenvalue weighted by molar-refractivity contribution is 5.98. The quantitative estimate of drug-likeness (QED) is 0.568. The molecule has 0 radical (unpaired) electrons. The van der Waals surface area contributed by atoms with Gasteiger partial charge in [-0.3, -0.25) is 4.79 Å². The molecule has 0 spiro atoms. The van der Waals surface area contributed by atoms with Gasteiger partial charge in [-0.15, -0.1) is 0 Å². The van der Waals surface area contributed by atoms with Crippen LogP contribution in [0.25, 0.3) is 10.8 Å². The van der Waals surface area contributed by atoms with Gasteiger partial charge in [0.2, 0.25) is 0 Å². The number of ether oxygens (including phenoxy) is 3. The molecule has 0 unspecified atom stereocenters. The van der Waals surface area contributed by atoms with Crippen molar-refractivity contribution in [2.75, 3.05) is 18.5 Å². The lowest BCUT2D eigenvalue weighted by atomic mass is 10.1. The first kappa shape index (κ1) is 20.9. The van der Waals surface area contributed by atoms with Crippen molar-refractivity contribution in [1.82, 2.24) is 0 Å². The number of anilines is 1. The summed E-state index contributed by atoms with van der Waals surface area (Å²) in [5.41, 5.74) is 1.01. The van der Waals surface area contributed by atoms with E-state index in [1.165, 1.54) is 0 Å². The predicted molar refractivity (Wildman–Crippen MR) is 118 cm³/mol. The van der Waals surface area contributed by atoms with Crippen LogP contribution >= 0.6 is 0 Å². The van der Waals surface area contributed by atoms with Crippen molar-refractivity contribution in [1.29, 1.82) is 0 Å². The van der Waals surface area contributed by atoms with Crippen LogP contribution in [0.15, 0.2) is 66.7 Å². The first-order valence-corrected chi connectivity index (χ1v) is 10.4. The van der Waals surface area contributed by atoms with Crippen molar-refractivity contribution in [3.63, 3.8) is 0 Å². The summed E-state index contributed by atoms with van der Waals surface area (Å²) in [6.07, 6.45) is 1.26. The Balaban J connectivity index is 1.30. The van der Waals surface area contributed by atoms with E-state index in [-0.39, 0.29) is 12.0 Å². The molecule has 3 aromatic rings. The van der Waals surface area contributed by atoms with Gasteiger partial charge in [0.25, 0.3) is 5.91 Å². The Bertz CT molecular complexity index is 1060. The molecule has 1 amide bonds. The number of rotatable bonds is 7. The predicted octanol–water partition coefficient (Wildman–Crippen LogP) is 4.58. The highest BCUT2D eigenvalue weighted by Gasteiger charge is 2.20. The molecule has 31 heavy (non-hydrogen) atoms. The molecule has 0 aromatic heterocycles. The summed E-state index contributed by atoms with van der Waals surface area (Å²) in [7, 11) is 0. The number of amides is 1. The zero-order valence-electron chi connectivity index (χ0n) is 17.4. The second kappa shape index (κ2) is 9.62. The maximum absolute atomic E-state index is 12.5. The van der Waals surface area contributed by atoms with E-state index >= 15 is 0 Å². The van der Waals surface area contributed by atoms with Crippen molar-refractivity contribution in [3.05, 3.63) is 72.3 Å². The Kier molecular flexibility index (Phi) is 6.48. The fourth-order valence-electron chi connectivity index (χ4n) is 3.45. The van der Waals surface area contributed by atoms with E-state index in [1.807, 2.05) is 42.5 Å². The van der Waals surface area contributed by atoms with E-state index in [0.29, 0.717) is 23.6 Å². The van der Waals surface area contributed by atoms with E-state index in [2.05, 4.69) is 5.32 Å². The Morgan fingerprint density at radius 3 is 2.58 bits per heavy atom. The van der Waals surface area contributed by atoms with Gasteiger partial charge in [-0.2, -0.15) is 0 Å². The van der Waals surface area contributed by atoms with Gasteiger partial charge in [-0.1, -0.05) is 30.3 Å². The molecular weight excluding hydrogens is 394 g/mol.